The number of rotatable bonds is 8. The minimum absolute atomic E-state index is 0.0408. The Morgan fingerprint density at radius 3 is 2.67 bits per heavy atom. The molecule has 9 nitrogen and oxygen atoms in total. The molecule has 3 heterocycles. The lowest BCUT2D eigenvalue weighted by Crippen LogP contribution is -2.42. The zero-order valence-electron chi connectivity index (χ0n) is 21.4. The molecule has 2 saturated heterocycles. The van der Waals surface area contributed by atoms with Crippen molar-refractivity contribution in [3.05, 3.63) is 47.7 Å². The highest BCUT2D eigenvalue weighted by Gasteiger charge is 2.49. The fourth-order valence-corrected chi connectivity index (χ4v) is 5.30. The Labute approximate surface area is 212 Å². The van der Waals surface area contributed by atoms with E-state index in [4.69, 9.17) is 9.47 Å². The summed E-state index contributed by atoms with van der Waals surface area (Å²) in [6.45, 7) is 7.14. The summed E-state index contributed by atoms with van der Waals surface area (Å²) in [5.74, 6) is 1.44. The maximum atomic E-state index is 12.6. The summed E-state index contributed by atoms with van der Waals surface area (Å²) in [7, 11) is 1.60. The lowest BCUT2D eigenvalue weighted by Gasteiger charge is -2.34. The Bertz CT molecular complexity index is 1080. The number of hydrogen-bond acceptors (Lipinski definition) is 8. The van der Waals surface area contributed by atoms with Crippen LogP contribution in [0.15, 0.2) is 36.4 Å². The van der Waals surface area contributed by atoms with Crippen LogP contribution in [-0.4, -0.2) is 89.3 Å². The molecule has 2 aliphatic heterocycles. The number of anilines is 1. The van der Waals surface area contributed by atoms with Gasteiger partial charge >= 0.3 is 0 Å². The van der Waals surface area contributed by atoms with Gasteiger partial charge in [0, 0.05) is 43.1 Å². The van der Waals surface area contributed by atoms with Crippen LogP contribution in [0, 0.1) is 12.3 Å². The molecule has 0 saturated carbocycles. The van der Waals surface area contributed by atoms with Gasteiger partial charge in [-0.2, -0.15) is 0 Å². The van der Waals surface area contributed by atoms with E-state index in [9.17, 15) is 20.1 Å². The minimum Gasteiger partial charge on any atom is -0.493 e. The van der Waals surface area contributed by atoms with E-state index < -0.39 is 30.1 Å². The topological polar surface area (TPSA) is 116 Å². The van der Waals surface area contributed by atoms with Crippen molar-refractivity contribution in [3.8, 4) is 11.5 Å². The van der Waals surface area contributed by atoms with Gasteiger partial charge in [-0.3, -0.25) is 4.79 Å². The molecule has 36 heavy (non-hydrogen) atoms. The largest absolute Gasteiger partial charge is 0.493 e. The molecule has 5 atom stereocenters. The summed E-state index contributed by atoms with van der Waals surface area (Å²) < 4.78 is 12.0. The predicted molar refractivity (Wildman–Crippen MR) is 135 cm³/mol. The molecule has 196 valence electrons. The van der Waals surface area contributed by atoms with Crippen LogP contribution in [0.1, 0.15) is 37.4 Å². The van der Waals surface area contributed by atoms with Crippen molar-refractivity contribution >= 4 is 11.7 Å². The Morgan fingerprint density at radius 1 is 1.22 bits per heavy atom. The van der Waals surface area contributed by atoms with Gasteiger partial charge in [-0.05, 0) is 43.7 Å². The van der Waals surface area contributed by atoms with E-state index in [0.717, 1.165) is 30.0 Å². The van der Waals surface area contributed by atoms with Gasteiger partial charge in [0.1, 0.15) is 11.9 Å². The first-order chi connectivity index (χ1) is 17.2. The highest BCUT2D eigenvalue weighted by atomic mass is 16.5. The van der Waals surface area contributed by atoms with Crippen molar-refractivity contribution in [2.45, 2.75) is 51.4 Å². The summed E-state index contributed by atoms with van der Waals surface area (Å²) >= 11 is 0. The minimum atomic E-state index is -1.47. The number of methoxy groups -OCH3 is 1. The Morgan fingerprint density at radius 2 is 2.00 bits per heavy atom. The number of carbonyl (C=O) groups is 1. The molecule has 1 unspecified atom stereocenters. The average Bonchev–Trinajstić information content (AvgIpc) is 3.48. The molecule has 0 aliphatic carbocycles. The standard InChI is InChI=1S/C27H37N3O6/c1-17-6-5-7-25(28-17)29-11-10-20(13-29)36-24-12-19(8-9-23(24)35-4)21-14-30(26(34)22(33)15-31)16-27(21,3)18(2)32/h5-9,12,18,20-22,31-33H,10-11,13-16H2,1-4H3/t18-,20?,21+,22+,27+/m1/s1. The third-order valence-electron chi connectivity index (χ3n) is 7.68. The zero-order chi connectivity index (χ0) is 26.0. The predicted octanol–water partition coefficient (Wildman–Crippen LogP) is 1.72. The van der Waals surface area contributed by atoms with E-state index in [1.54, 1.807) is 14.0 Å². The van der Waals surface area contributed by atoms with Crippen molar-refractivity contribution in [3.63, 3.8) is 0 Å². The lowest BCUT2D eigenvalue weighted by atomic mass is 9.72. The van der Waals surface area contributed by atoms with E-state index in [2.05, 4.69) is 9.88 Å². The highest BCUT2D eigenvalue weighted by molar-refractivity contribution is 5.81. The summed E-state index contributed by atoms with van der Waals surface area (Å²) in [6, 6.07) is 11.7. The number of likely N-dealkylation sites (tertiary alicyclic amines) is 1. The van der Waals surface area contributed by atoms with Crippen LogP contribution >= 0.6 is 0 Å². The van der Waals surface area contributed by atoms with Crippen LogP contribution in [0.2, 0.25) is 0 Å². The first-order valence-electron chi connectivity index (χ1n) is 12.4. The van der Waals surface area contributed by atoms with E-state index in [-0.39, 0.29) is 18.6 Å². The lowest BCUT2D eigenvalue weighted by molar-refractivity contribution is -0.141. The number of hydrogen-bond donors (Lipinski definition) is 3. The van der Waals surface area contributed by atoms with Crippen molar-refractivity contribution in [1.29, 1.82) is 0 Å². The third-order valence-corrected chi connectivity index (χ3v) is 7.68. The molecule has 2 aliphatic rings. The highest BCUT2D eigenvalue weighted by Crippen LogP contribution is 2.47. The summed E-state index contributed by atoms with van der Waals surface area (Å²) in [5.41, 5.74) is 1.25. The van der Waals surface area contributed by atoms with E-state index >= 15 is 0 Å². The van der Waals surface area contributed by atoms with Gasteiger partial charge in [-0.25, -0.2) is 4.98 Å². The molecule has 1 aromatic heterocycles. The number of nitrogens with zero attached hydrogens (tertiary/aromatic N) is 3. The first kappa shape index (κ1) is 26.2. The second-order valence-electron chi connectivity index (χ2n) is 10.2. The van der Waals surface area contributed by atoms with Crippen molar-refractivity contribution in [2.24, 2.45) is 5.41 Å². The SMILES string of the molecule is COc1ccc([C@@H]2CN(C(=O)[C@@H](O)CO)C[C@@]2(C)[C@@H](C)O)cc1OC1CCN(c2cccc(C)n2)C1. The molecule has 0 radical (unpaired) electrons. The molecule has 4 rings (SSSR count). The number of aryl methyl sites for hydroxylation is 1. The fraction of sp³-hybridized carbons (Fsp3) is 0.556. The number of aliphatic hydroxyl groups excluding tert-OH is 3. The normalized spacial score (nSPS) is 25.6. The van der Waals surface area contributed by atoms with Gasteiger partial charge in [0.25, 0.3) is 5.91 Å². The Balaban J connectivity index is 1.56. The molecular weight excluding hydrogens is 462 g/mol. The number of benzene rings is 1. The first-order valence-corrected chi connectivity index (χ1v) is 12.4. The van der Waals surface area contributed by atoms with E-state index in [1.165, 1.54) is 4.90 Å². The van der Waals surface area contributed by atoms with Crippen LogP contribution < -0.4 is 14.4 Å². The molecule has 2 fully saturated rings. The molecular formula is C27H37N3O6. The van der Waals surface area contributed by atoms with Crippen LogP contribution in [0.25, 0.3) is 0 Å². The van der Waals surface area contributed by atoms with Gasteiger partial charge in [-0.1, -0.05) is 19.1 Å². The van der Waals surface area contributed by atoms with Crippen LogP contribution in [0.4, 0.5) is 5.82 Å². The maximum Gasteiger partial charge on any atom is 0.253 e. The molecule has 1 aromatic carbocycles. The molecule has 1 amide bonds. The molecule has 2 aromatic rings. The summed E-state index contributed by atoms with van der Waals surface area (Å²) in [5, 5.41) is 29.8. The Kier molecular flexibility index (Phi) is 7.73. The third kappa shape index (κ3) is 5.14. The van der Waals surface area contributed by atoms with Gasteiger partial charge in [0.2, 0.25) is 0 Å². The molecule has 0 bridgehead atoms. The Hall–Kier alpha value is -2.88. The van der Waals surface area contributed by atoms with Crippen LogP contribution in [0.5, 0.6) is 11.5 Å². The smallest absolute Gasteiger partial charge is 0.253 e. The second kappa shape index (κ2) is 10.6. The number of amides is 1. The van der Waals surface area contributed by atoms with E-state index in [0.29, 0.717) is 24.6 Å². The molecule has 0 spiro atoms. The van der Waals surface area contributed by atoms with E-state index in [1.807, 2.05) is 50.2 Å². The van der Waals surface area contributed by atoms with Gasteiger partial charge < -0.3 is 34.6 Å². The van der Waals surface area contributed by atoms with Gasteiger partial charge in [0.15, 0.2) is 17.6 Å². The molecule has 3 N–H and O–H groups in total. The van der Waals surface area contributed by atoms with Gasteiger partial charge in [0.05, 0.1) is 26.4 Å². The fourth-order valence-electron chi connectivity index (χ4n) is 5.30. The quantitative estimate of drug-likeness (QED) is 0.503. The second-order valence-corrected chi connectivity index (χ2v) is 10.2. The number of ether oxygens (including phenoxy) is 2. The van der Waals surface area contributed by atoms with Crippen molar-refractivity contribution < 1.29 is 29.6 Å². The number of pyridine rings is 1. The maximum absolute atomic E-state index is 12.6. The summed E-state index contributed by atoms with van der Waals surface area (Å²) in [4.78, 5) is 21.0. The zero-order valence-corrected chi connectivity index (χ0v) is 21.4. The van der Waals surface area contributed by atoms with Crippen molar-refractivity contribution in [1.82, 2.24) is 9.88 Å². The van der Waals surface area contributed by atoms with Crippen LogP contribution in [0.3, 0.4) is 0 Å². The van der Waals surface area contributed by atoms with Crippen molar-refractivity contribution in [2.75, 3.05) is 44.8 Å². The molecule has 9 heteroatoms. The number of carbonyl (C=O) groups excluding carboxylic acids is 1. The number of aliphatic hydroxyl groups is 3. The number of aromatic nitrogens is 1. The summed E-state index contributed by atoms with van der Waals surface area (Å²) in [6.07, 6.45) is -1.37. The van der Waals surface area contributed by atoms with Gasteiger partial charge in [-0.15, -0.1) is 0 Å². The van der Waals surface area contributed by atoms with Crippen LogP contribution in [-0.2, 0) is 4.79 Å². The average molecular weight is 500 g/mol. The monoisotopic (exact) mass is 499 g/mol.